The van der Waals surface area contributed by atoms with Crippen LogP contribution in [0.5, 0.6) is 0 Å². The Kier molecular flexibility index (Phi) is 3.31. The molecule has 1 aliphatic rings. The minimum Gasteiger partial charge on any atom is -0.346 e. The average Bonchev–Trinajstić information content (AvgIpc) is 3.23. The van der Waals surface area contributed by atoms with Crippen molar-refractivity contribution in [1.82, 2.24) is 5.32 Å². The topological polar surface area (TPSA) is 29.1 Å². The number of hydrogen-bond donors (Lipinski definition) is 1. The molecule has 0 heterocycles. The molecule has 0 aromatic heterocycles. The Morgan fingerprint density at radius 3 is 2.30 bits per heavy atom. The van der Waals surface area contributed by atoms with Crippen molar-refractivity contribution in [2.45, 2.75) is 31.7 Å². The number of rotatable bonds is 4. The summed E-state index contributed by atoms with van der Waals surface area (Å²) < 4.78 is 0. The SMILES string of the molecule is Cc1ccc(CC(=O)NC2(c3ccccc3)CC2)cc1. The van der Waals surface area contributed by atoms with E-state index < -0.39 is 0 Å². The van der Waals surface area contributed by atoms with Gasteiger partial charge in [-0.1, -0.05) is 60.2 Å². The molecule has 0 saturated heterocycles. The van der Waals surface area contributed by atoms with E-state index in [9.17, 15) is 4.79 Å². The van der Waals surface area contributed by atoms with E-state index in [0.717, 1.165) is 18.4 Å². The summed E-state index contributed by atoms with van der Waals surface area (Å²) in [6.07, 6.45) is 2.53. The van der Waals surface area contributed by atoms with E-state index >= 15 is 0 Å². The molecule has 1 saturated carbocycles. The van der Waals surface area contributed by atoms with Gasteiger partial charge in [-0.25, -0.2) is 0 Å². The summed E-state index contributed by atoms with van der Waals surface area (Å²) in [5, 5.41) is 3.21. The molecule has 1 amide bonds. The number of aryl methyl sites for hydroxylation is 1. The van der Waals surface area contributed by atoms with E-state index in [-0.39, 0.29) is 11.4 Å². The van der Waals surface area contributed by atoms with Crippen LogP contribution < -0.4 is 5.32 Å². The molecule has 2 nitrogen and oxygen atoms in total. The average molecular weight is 265 g/mol. The van der Waals surface area contributed by atoms with E-state index in [1.807, 2.05) is 42.5 Å². The molecule has 0 unspecified atom stereocenters. The van der Waals surface area contributed by atoms with E-state index in [1.165, 1.54) is 11.1 Å². The van der Waals surface area contributed by atoms with Crippen LogP contribution in [-0.2, 0) is 16.8 Å². The quantitative estimate of drug-likeness (QED) is 0.902. The Balaban J connectivity index is 1.66. The zero-order valence-corrected chi connectivity index (χ0v) is 11.7. The van der Waals surface area contributed by atoms with Crippen molar-refractivity contribution in [3.05, 3.63) is 71.3 Å². The van der Waals surface area contributed by atoms with Crippen LogP contribution in [0.2, 0.25) is 0 Å². The van der Waals surface area contributed by atoms with Crippen molar-refractivity contribution in [2.24, 2.45) is 0 Å². The van der Waals surface area contributed by atoms with Gasteiger partial charge in [-0.15, -0.1) is 0 Å². The van der Waals surface area contributed by atoms with Crippen molar-refractivity contribution in [1.29, 1.82) is 0 Å². The molecule has 2 aromatic rings. The van der Waals surface area contributed by atoms with Gasteiger partial charge < -0.3 is 5.32 Å². The van der Waals surface area contributed by atoms with Crippen LogP contribution in [0.1, 0.15) is 29.5 Å². The summed E-state index contributed by atoms with van der Waals surface area (Å²) in [4.78, 5) is 12.2. The molecule has 0 spiro atoms. The third-order valence-corrected chi connectivity index (χ3v) is 3.94. The molecule has 2 heteroatoms. The van der Waals surface area contributed by atoms with Gasteiger partial charge in [-0.2, -0.15) is 0 Å². The largest absolute Gasteiger partial charge is 0.346 e. The maximum atomic E-state index is 12.2. The summed E-state index contributed by atoms with van der Waals surface area (Å²) in [5.41, 5.74) is 3.40. The number of carbonyl (C=O) groups excluding carboxylic acids is 1. The van der Waals surface area contributed by atoms with Gasteiger partial charge in [0, 0.05) is 0 Å². The molecule has 0 radical (unpaired) electrons. The molecule has 0 aliphatic heterocycles. The monoisotopic (exact) mass is 265 g/mol. The Labute approximate surface area is 119 Å². The lowest BCUT2D eigenvalue weighted by atomic mass is 10.0. The van der Waals surface area contributed by atoms with Gasteiger partial charge in [-0.05, 0) is 30.9 Å². The summed E-state index contributed by atoms with van der Waals surface area (Å²) >= 11 is 0. The smallest absolute Gasteiger partial charge is 0.225 e. The lowest BCUT2D eigenvalue weighted by molar-refractivity contribution is -0.121. The van der Waals surface area contributed by atoms with Gasteiger partial charge in [0.1, 0.15) is 0 Å². The second-order valence-corrected chi connectivity index (χ2v) is 5.66. The highest BCUT2D eigenvalue weighted by atomic mass is 16.1. The lowest BCUT2D eigenvalue weighted by Gasteiger charge is -2.18. The van der Waals surface area contributed by atoms with E-state index in [2.05, 4.69) is 24.4 Å². The van der Waals surface area contributed by atoms with Crippen molar-refractivity contribution in [2.75, 3.05) is 0 Å². The van der Waals surface area contributed by atoms with Crippen LogP contribution in [0.15, 0.2) is 54.6 Å². The maximum absolute atomic E-state index is 12.2. The second kappa shape index (κ2) is 5.12. The molecule has 1 fully saturated rings. The van der Waals surface area contributed by atoms with Crippen LogP contribution in [0.25, 0.3) is 0 Å². The van der Waals surface area contributed by atoms with Gasteiger partial charge in [0.25, 0.3) is 0 Å². The minimum atomic E-state index is -0.108. The third-order valence-electron chi connectivity index (χ3n) is 3.94. The first-order valence-electron chi connectivity index (χ1n) is 7.10. The van der Waals surface area contributed by atoms with Gasteiger partial charge in [0.15, 0.2) is 0 Å². The molecule has 0 bridgehead atoms. The molecular weight excluding hydrogens is 246 g/mol. The predicted octanol–water partition coefficient (Wildman–Crippen LogP) is 3.34. The second-order valence-electron chi connectivity index (χ2n) is 5.66. The number of benzene rings is 2. The molecule has 1 aliphatic carbocycles. The van der Waals surface area contributed by atoms with Crippen LogP contribution in [0, 0.1) is 6.92 Å². The van der Waals surface area contributed by atoms with Gasteiger partial charge in [0.2, 0.25) is 5.91 Å². The Hall–Kier alpha value is -2.09. The van der Waals surface area contributed by atoms with Crippen LogP contribution in [0.4, 0.5) is 0 Å². The molecule has 20 heavy (non-hydrogen) atoms. The van der Waals surface area contributed by atoms with Crippen LogP contribution in [0.3, 0.4) is 0 Å². The zero-order valence-electron chi connectivity index (χ0n) is 11.7. The predicted molar refractivity (Wildman–Crippen MR) is 80.4 cm³/mol. The molecule has 102 valence electrons. The zero-order chi connectivity index (χ0) is 14.0. The van der Waals surface area contributed by atoms with Gasteiger partial charge in [-0.3, -0.25) is 4.79 Å². The van der Waals surface area contributed by atoms with E-state index in [0.29, 0.717) is 6.42 Å². The van der Waals surface area contributed by atoms with Crippen molar-refractivity contribution >= 4 is 5.91 Å². The summed E-state index contributed by atoms with van der Waals surface area (Å²) in [6, 6.07) is 18.4. The normalized spacial score (nSPS) is 15.7. The molecule has 2 aromatic carbocycles. The first-order chi connectivity index (χ1) is 9.68. The highest BCUT2D eigenvalue weighted by molar-refractivity contribution is 5.80. The summed E-state index contributed by atoms with van der Waals surface area (Å²) in [6.45, 7) is 2.05. The number of nitrogens with one attached hydrogen (secondary N) is 1. The Morgan fingerprint density at radius 1 is 1.05 bits per heavy atom. The molecule has 1 N–H and O–H groups in total. The molecule has 0 atom stereocenters. The fourth-order valence-corrected chi connectivity index (χ4v) is 2.57. The first kappa shape index (κ1) is 12.9. The van der Waals surface area contributed by atoms with E-state index in [1.54, 1.807) is 0 Å². The number of hydrogen-bond acceptors (Lipinski definition) is 1. The van der Waals surface area contributed by atoms with Crippen LogP contribution in [-0.4, -0.2) is 5.91 Å². The third kappa shape index (κ3) is 2.74. The van der Waals surface area contributed by atoms with Crippen molar-refractivity contribution in [3.63, 3.8) is 0 Å². The fourth-order valence-electron chi connectivity index (χ4n) is 2.57. The number of carbonyl (C=O) groups is 1. The highest BCUT2D eigenvalue weighted by Gasteiger charge is 2.45. The Morgan fingerprint density at radius 2 is 1.70 bits per heavy atom. The fraction of sp³-hybridized carbons (Fsp3) is 0.278. The van der Waals surface area contributed by atoms with E-state index in [4.69, 9.17) is 0 Å². The number of amides is 1. The maximum Gasteiger partial charge on any atom is 0.225 e. The summed E-state index contributed by atoms with van der Waals surface area (Å²) in [5.74, 6) is 0.107. The molecular formula is C18H19NO. The first-order valence-corrected chi connectivity index (χ1v) is 7.10. The highest BCUT2D eigenvalue weighted by Crippen LogP contribution is 2.45. The Bertz CT molecular complexity index is 597. The van der Waals surface area contributed by atoms with Crippen LogP contribution >= 0.6 is 0 Å². The minimum absolute atomic E-state index is 0.107. The molecule has 3 rings (SSSR count). The standard InChI is InChI=1S/C18H19NO/c1-14-7-9-15(10-8-14)13-17(20)19-18(11-12-18)16-5-3-2-4-6-16/h2-10H,11-13H2,1H3,(H,19,20). The summed E-state index contributed by atoms with van der Waals surface area (Å²) in [7, 11) is 0. The van der Waals surface area contributed by atoms with Gasteiger partial charge in [0.05, 0.1) is 12.0 Å². The van der Waals surface area contributed by atoms with Gasteiger partial charge >= 0.3 is 0 Å². The van der Waals surface area contributed by atoms with Crippen molar-refractivity contribution in [3.8, 4) is 0 Å². The lowest BCUT2D eigenvalue weighted by Crippen LogP contribution is -2.35. The van der Waals surface area contributed by atoms with Crippen molar-refractivity contribution < 1.29 is 4.79 Å².